The zero-order valence-corrected chi connectivity index (χ0v) is 15.6. The molecule has 1 aliphatic rings. The second kappa shape index (κ2) is 7.05. The molecular weight excluding hydrogens is 388 g/mol. The summed E-state index contributed by atoms with van der Waals surface area (Å²) in [5.74, 6) is -0.0781. The first kappa shape index (κ1) is 17.6. The number of piperazine rings is 1. The number of anilines is 2. The molecular formula is C18H15ClN4O3S. The summed E-state index contributed by atoms with van der Waals surface area (Å²) >= 11 is 7.47. The summed E-state index contributed by atoms with van der Waals surface area (Å²) in [5, 5.41) is 13.2. The largest absolute Gasteiger partial charge is 0.508 e. The van der Waals surface area contributed by atoms with Crippen molar-refractivity contribution in [3.63, 3.8) is 0 Å². The minimum absolute atomic E-state index is 0.0389. The van der Waals surface area contributed by atoms with Gasteiger partial charge in [0.1, 0.15) is 12.3 Å². The number of nitrogens with one attached hydrogen (secondary N) is 1. The second-order valence-electron chi connectivity index (χ2n) is 6.02. The number of fused-ring (bicyclic) bond motifs is 1. The van der Waals surface area contributed by atoms with Gasteiger partial charge in [0.2, 0.25) is 5.91 Å². The van der Waals surface area contributed by atoms with E-state index in [1.54, 1.807) is 35.2 Å². The summed E-state index contributed by atoms with van der Waals surface area (Å²) in [5.41, 5.74) is 1.25. The lowest BCUT2D eigenvalue weighted by molar-refractivity contribution is -0.120. The number of para-hydroxylation sites is 1. The summed E-state index contributed by atoms with van der Waals surface area (Å²) in [7, 11) is 0. The number of amides is 3. The Balaban J connectivity index is 1.44. The van der Waals surface area contributed by atoms with Gasteiger partial charge in [-0.3, -0.25) is 10.1 Å². The van der Waals surface area contributed by atoms with Crippen molar-refractivity contribution < 1.29 is 14.7 Å². The molecule has 0 unspecified atom stereocenters. The summed E-state index contributed by atoms with van der Waals surface area (Å²) in [6, 6.07) is 11.6. The molecule has 0 aliphatic carbocycles. The van der Waals surface area contributed by atoms with Crippen molar-refractivity contribution in [2.75, 3.05) is 29.9 Å². The first-order valence-electron chi connectivity index (χ1n) is 8.21. The Hall–Kier alpha value is -2.84. The fourth-order valence-electron chi connectivity index (χ4n) is 2.91. The second-order valence-corrected chi connectivity index (χ2v) is 7.46. The van der Waals surface area contributed by atoms with Gasteiger partial charge in [-0.15, -0.1) is 0 Å². The standard InChI is InChI=1S/C18H15ClN4O3S/c19-12-3-1-2-4-14(12)23-8-7-22(10-16(23)25)18(26)21-17-20-13-9-11(24)5-6-15(13)27-17/h1-6,9,24H,7-8,10H2,(H,20,21,26). The quantitative estimate of drug-likeness (QED) is 0.686. The van der Waals surface area contributed by atoms with Gasteiger partial charge in [0, 0.05) is 19.2 Å². The molecule has 7 nitrogen and oxygen atoms in total. The van der Waals surface area contributed by atoms with E-state index in [1.165, 1.54) is 22.3 Å². The van der Waals surface area contributed by atoms with Crippen LogP contribution in [0.4, 0.5) is 15.6 Å². The molecule has 2 N–H and O–H groups in total. The monoisotopic (exact) mass is 402 g/mol. The molecule has 1 saturated heterocycles. The minimum atomic E-state index is -0.384. The van der Waals surface area contributed by atoms with Crippen LogP contribution in [0, 0.1) is 0 Å². The molecule has 27 heavy (non-hydrogen) atoms. The minimum Gasteiger partial charge on any atom is -0.508 e. The lowest BCUT2D eigenvalue weighted by Gasteiger charge is -2.34. The number of carbonyl (C=O) groups is 2. The molecule has 0 atom stereocenters. The average molecular weight is 403 g/mol. The number of hydrogen-bond acceptors (Lipinski definition) is 5. The predicted molar refractivity (Wildman–Crippen MR) is 106 cm³/mol. The van der Waals surface area contributed by atoms with Crippen molar-refractivity contribution in [3.05, 3.63) is 47.5 Å². The maximum atomic E-state index is 12.5. The lowest BCUT2D eigenvalue weighted by atomic mass is 10.2. The maximum Gasteiger partial charge on any atom is 0.324 e. The predicted octanol–water partition coefficient (Wildman–Crippen LogP) is 3.54. The fourth-order valence-corrected chi connectivity index (χ4v) is 3.99. The van der Waals surface area contributed by atoms with E-state index in [0.29, 0.717) is 34.4 Å². The number of phenolic OH excluding ortho intramolecular Hbond substituents is 1. The Bertz CT molecular complexity index is 1040. The van der Waals surface area contributed by atoms with Crippen molar-refractivity contribution in [2.45, 2.75) is 0 Å². The Morgan fingerprint density at radius 1 is 1.22 bits per heavy atom. The number of rotatable bonds is 2. The molecule has 2 heterocycles. The Labute approximate surface area is 163 Å². The molecule has 0 radical (unpaired) electrons. The van der Waals surface area contributed by atoms with E-state index < -0.39 is 0 Å². The van der Waals surface area contributed by atoms with Gasteiger partial charge in [0.05, 0.1) is 20.9 Å². The van der Waals surface area contributed by atoms with Crippen LogP contribution in [-0.4, -0.2) is 46.6 Å². The molecule has 0 saturated carbocycles. The molecule has 0 bridgehead atoms. The smallest absolute Gasteiger partial charge is 0.324 e. The summed E-state index contributed by atoms with van der Waals surface area (Å²) < 4.78 is 0.850. The zero-order valence-electron chi connectivity index (χ0n) is 14.1. The van der Waals surface area contributed by atoms with Crippen LogP contribution in [0.25, 0.3) is 10.2 Å². The zero-order chi connectivity index (χ0) is 19.0. The number of carbonyl (C=O) groups excluding carboxylic acids is 2. The van der Waals surface area contributed by atoms with E-state index in [1.807, 2.05) is 6.07 Å². The fraction of sp³-hybridized carbons (Fsp3) is 0.167. The van der Waals surface area contributed by atoms with E-state index in [-0.39, 0.29) is 24.2 Å². The number of aromatic hydroxyl groups is 1. The molecule has 9 heteroatoms. The number of hydrogen-bond donors (Lipinski definition) is 2. The van der Waals surface area contributed by atoms with Gasteiger partial charge in [0.15, 0.2) is 5.13 Å². The van der Waals surface area contributed by atoms with Gasteiger partial charge < -0.3 is 14.9 Å². The summed E-state index contributed by atoms with van der Waals surface area (Å²) in [4.78, 5) is 32.3. The van der Waals surface area contributed by atoms with E-state index >= 15 is 0 Å². The van der Waals surface area contributed by atoms with Gasteiger partial charge in [-0.2, -0.15) is 0 Å². The molecule has 1 aliphatic heterocycles. The van der Waals surface area contributed by atoms with Crippen molar-refractivity contribution in [3.8, 4) is 5.75 Å². The number of phenols is 1. The highest BCUT2D eigenvalue weighted by Crippen LogP contribution is 2.29. The lowest BCUT2D eigenvalue weighted by Crippen LogP contribution is -2.53. The van der Waals surface area contributed by atoms with Crippen LogP contribution >= 0.6 is 22.9 Å². The van der Waals surface area contributed by atoms with Crippen molar-refractivity contribution >= 4 is 55.9 Å². The van der Waals surface area contributed by atoms with E-state index in [4.69, 9.17) is 11.6 Å². The molecule has 0 spiro atoms. The third kappa shape index (κ3) is 3.54. The molecule has 138 valence electrons. The van der Waals surface area contributed by atoms with Crippen LogP contribution in [0.1, 0.15) is 0 Å². The number of thiazole rings is 1. The molecule has 3 amide bonds. The highest BCUT2D eigenvalue weighted by molar-refractivity contribution is 7.22. The van der Waals surface area contributed by atoms with Crippen molar-refractivity contribution in [1.29, 1.82) is 0 Å². The van der Waals surface area contributed by atoms with Crippen LogP contribution in [-0.2, 0) is 4.79 Å². The molecule has 2 aromatic carbocycles. The van der Waals surface area contributed by atoms with Crippen LogP contribution in [0.15, 0.2) is 42.5 Å². The Morgan fingerprint density at radius 2 is 2.04 bits per heavy atom. The van der Waals surface area contributed by atoms with E-state index in [9.17, 15) is 14.7 Å². The molecule has 1 fully saturated rings. The van der Waals surface area contributed by atoms with Gasteiger partial charge in [-0.25, -0.2) is 9.78 Å². The van der Waals surface area contributed by atoms with Crippen molar-refractivity contribution in [2.24, 2.45) is 0 Å². The molecule has 1 aromatic heterocycles. The number of halogens is 1. The SMILES string of the molecule is O=C(Nc1nc2cc(O)ccc2s1)N1CCN(c2ccccc2Cl)C(=O)C1. The summed E-state index contributed by atoms with van der Waals surface area (Å²) in [6.07, 6.45) is 0. The van der Waals surface area contributed by atoms with Crippen LogP contribution < -0.4 is 10.2 Å². The topological polar surface area (TPSA) is 85.8 Å². The van der Waals surface area contributed by atoms with E-state index in [0.717, 1.165) is 4.70 Å². The van der Waals surface area contributed by atoms with Gasteiger partial charge in [-0.05, 0) is 24.3 Å². The highest BCUT2D eigenvalue weighted by atomic mass is 35.5. The number of nitrogens with zero attached hydrogens (tertiary/aromatic N) is 3. The van der Waals surface area contributed by atoms with Gasteiger partial charge >= 0.3 is 6.03 Å². The average Bonchev–Trinajstić information content (AvgIpc) is 3.03. The third-order valence-corrected chi connectivity index (χ3v) is 5.51. The number of aromatic nitrogens is 1. The summed E-state index contributed by atoms with van der Waals surface area (Å²) in [6.45, 7) is 0.709. The normalized spacial score (nSPS) is 14.6. The third-order valence-electron chi connectivity index (χ3n) is 4.24. The molecule has 3 aromatic rings. The first-order chi connectivity index (χ1) is 13.0. The van der Waals surface area contributed by atoms with Gasteiger partial charge in [-0.1, -0.05) is 35.1 Å². The first-order valence-corrected chi connectivity index (χ1v) is 9.41. The van der Waals surface area contributed by atoms with Crippen LogP contribution in [0.2, 0.25) is 5.02 Å². The van der Waals surface area contributed by atoms with Crippen LogP contribution in [0.3, 0.4) is 0 Å². The van der Waals surface area contributed by atoms with Crippen LogP contribution in [0.5, 0.6) is 5.75 Å². The Morgan fingerprint density at radius 3 is 2.81 bits per heavy atom. The molecule has 4 rings (SSSR count). The van der Waals surface area contributed by atoms with Gasteiger partial charge in [0.25, 0.3) is 0 Å². The number of urea groups is 1. The Kier molecular flexibility index (Phi) is 4.59. The van der Waals surface area contributed by atoms with Crippen molar-refractivity contribution in [1.82, 2.24) is 9.88 Å². The number of benzene rings is 2. The highest BCUT2D eigenvalue weighted by Gasteiger charge is 2.29. The van der Waals surface area contributed by atoms with E-state index in [2.05, 4.69) is 10.3 Å². The maximum absolute atomic E-state index is 12.5.